The fourth-order valence-electron chi connectivity index (χ4n) is 9.84. The zero-order valence-electron chi connectivity index (χ0n) is 21.7. The van der Waals surface area contributed by atoms with Crippen molar-refractivity contribution < 1.29 is 24.6 Å². The highest BCUT2D eigenvalue weighted by Crippen LogP contribution is 2.74. The van der Waals surface area contributed by atoms with Crippen LogP contribution in [0, 0.1) is 51.8 Å². The summed E-state index contributed by atoms with van der Waals surface area (Å²) in [7, 11) is 0. The van der Waals surface area contributed by atoms with Gasteiger partial charge in [-0.05, 0) is 80.2 Å². The van der Waals surface area contributed by atoms with Crippen molar-refractivity contribution in [2.45, 2.75) is 66.2 Å². The van der Waals surface area contributed by atoms with E-state index < -0.39 is 22.7 Å². The Morgan fingerprint density at radius 3 is 2.50 bits per heavy atom. The Morgan fingerprint density at radius 2 is 1.83 bits per heavy atom. The van der Waals surface area contributed by atoms with Crippen LogP contribution in [0.2, 0.25) is 0 Å². The lowest BCUT2D eigenvalue weighted by atomic mass is 9.34. The summed E-state index contributed by atoms with van der Waals surface area (Å²) in [5.41, 5.74) is 0.366. The van der Waals surface area contributed by atoms with Crippen molar-refractivity contribution in [2.75, 3.05) is 4.90 Å². The molecule has 2 amide bonds. The SMILES string of the molecule is CC(C)C1=C[C@@]23CC[C@H]4[C@](C)(CCC[C@@]4(C)C(=O)O)[C@H]2C[C@H]1[C@H]1C(=O)N(c2cccc(O)c2)C(=O)[C@H]13. The van der Waals surface area contributed by atoms with E-state index >= 15 is 0 Å². The van der Waals surface area contributed by atoms with Crippen molar-refractivity contribution in [3.8, 4) is 5.75 Å². The van der Waals surface area contributed by atoms with E-state index in [9.17, 15) is 24.6 Å². The number of aromatic hydroxyl groups is 1. The normalized spacial score (nSPS) is 43.2. The first-order valence-electron chi connectivity index (χ1n) is 13.6. The van der Waals surface area contributed by atoms with Gasteiger partial charge in [0, 0.05) is 11.5 Å². The van der Waals surface area contributed by atoms with E-state index in [2.05, 4.69) is 26.8 Å². The van der Waals surface area contributed by atoms with E-state index in [4.69, 9.17) is 0 Å². The van der Waals surface area contributed by atoms with Crippen molar-refractivity contribution >= 4 is 23.5 Å². The highest BCUT2D eigenvalue weighted by Gasteiger charge is 2.73. The van der Waals surface area contributed by atoms with Crippen LogP contribution < -0.4 is 4.90 Å². The molecule has 1 aromatic carbocycles. The number of rotatable bonds is 3. The molecule has 2 bridgehead atoms. The summed E-state index contributed by atoms with van der Waals surface area (Å²) in [5.74, 6) is -1.24. The Hall–Kier alpha value is -2.63. The predicted octanol–water partition coefficient (Wildman–Crippen LogP) is 5.41. The number of hydrogen-bond acceptors (Lipinski definition) is 4. The van der Waals surface area contributed by atoms with Crippen LogP contribution >= 0.6 is 0 Å². The van der Waals surface area contributed by atoms with Gasteiger partial charge >= 0.3 is 5.97 Å². The van der Waals surface area contributed by atoms with Crippen LogP contribution in [-0.4, -0.2) is 28.0 Å². The molecular weight excluding hydrogens is 454 g/mol. The van der Waals surface area contributed by atoms with Gasteiger partial charge in [0.1, 0.15) is 5.75 Å². The van der Waals surface area contributed by atoms with Gasteiger partial charge in [-0.3, -0.25) is 14.4 Å². The lowest BCUT2D eigenvalue weighted by molar-refractivity contribution is -0.194. The number of anilines is 1. The molecule has 5 aliphatic carbocycles. The number of carbonyl (C=O) groups excluding carboxylic acids is 2. The molecule has 2 N–H and O–H groups in total. The molecule has 6 aliphatic rings. The molecule has 0 aromatic heterocycles. The summed E-state index contributed by atoms with van der Waals surface area (Å²) in [6.45, 7) is 8.58. The van der Waals surface area contributed by atoms with Crippen LogP contribution in [0.3, 0.4) is 0 Å². The Kier molecular flexibility index (Phi) is 4.92. The molecule has 1 heterocycles. The van der Waals surface area contributed by atoms with Gasteiger partial charge in [-0.15, -0.1) is 0 Å². The second-order valence-electron chi connectivity index (χ2n) is 13.0. The number of nitrogens with zero attached hydrogens (tertiary/aromatic N) is 1. The van der Waals surface area contributed by atoms with Gasteiger partial charge in [-0.1, -0.05) is 44.9 Å². The lowest BCUT2D eigenvalue weighted by Crippen LogP contribution is -2.65. The molecule has 1 saturated heterocycles. The third-order valence-electron chi connectivity index (χ3n) is 11.2. The Morgan fingerprint density at radius 1 is 1.08 bits per heavy atom. The number of carbonyl (C=O) groups is 3. The van der Waals surface area contributed by atoms with E-state index in [1.165, 1.54) is 16.5 Å². The zero-order valence-corrected chi connectivity index (χ0v) is 21.7. The molecule has 1 aliphatic heterocycles. The van der Waals surface area contributed by atoms with Gasteiger partial charge in [0.15, 0.2) is 0 Å². The van der Waals surface area contributed by atoms with E-state index in [1.54, 1.807) is 18.2 Å². The summed E-state index contributed by atoms with van der Waals surface area (Å²) in [6, 6.07) is 6.43. The number of carboxylic acid groups (broad SMARTS) is 1. The number of allylic oxidation sites excluding steroid dienone is 2. The Labute approximate surface area is 212 Å². The number of phenols is 1. The van der Waals surface area contributed by atoms with Crippen molar-refractivity contribution in [3.05, 3.63) is 35.9 Å². The average Bonchev–Trinajstić information content (AvgIpc) is 3.10. The number of aliphatic carboxylic acids is 1. The average molecular weight is 492 g/mol. The maximum absolute atomic E-state index is 14.2. The molecule has 0 unspecified atom stereocenters. The van der Waals surface area contributed by atoms with Gasteiger partial charge in [0.05, 0.1) is 22.9 Å². The Balaban J connectivity index is 1.50. The monoisotopic (exact) mass is 491 g/mol. The number of imide groups is 1. The number of fused-ring (bicyclic) bond motifs is 1. The fourth-order valence-corrected chi connectivity index (χ4v) is 9.84. The highest BCUT2D eigenvalue weighted by molar-refractivity contribution is 6.23. The van der Waals surface area contributed by atoms with E-state index in [1.807, 2.05) is 6.92 Å². The van der Waals surface area contributed by atoms with Gasteiger partial charge in [-0.25, -0.2) is 4.90 Å². The molecular formula is C30H37NO5. The van der Waals surface area contributed by atoms with Crippen LogP contribution in [0.15, 0.2) is 35.9 Å². The molecule has 6 nitrogen and oxygen atoms in total. The largest absolute Gasteiger partial charge is 0.508 e. The molecule has 192 valence electrons. The van der Waals surface area contributed by atoms with Crippen LogP contribution in [0.5, 0.6) is 5.75 Å². The first-order valence-corrected chi connectivity index (χ1v) is 13.6. The minimum Gasteiger partial charge on any atom is -0.508 e. The maximum Gasteiger partial charge on any atom is 0.309 e. The smallest absolute Gasteiger partial charge is 0.309 e. The molecule has 36 heavy (non-hydrogen) atoms. The molecule has 7 rings (SSSR count). The van der Waals surface area contributed by atoms with Gasteiger partial charge in [-0.2, -0.15) is 0 Å². The lowest BCUT2D eigenvalue weighted by Gasteiger charge is -2.68. The molecule has 4 fully saturated rings. The number of phenolic OH excluding ortho intramolecular Hbond substituents is 1. The van der Waals surface area contributed by atoms with Gasteiger partial charge < -0.3 is 10.2 Å². The third kappa shape index (κ3) is 2.76. The molecule has 0 radical (unpaired) electrons. The standard InChI is InChI=1S/C30H37NO5/c1-16(2)20-15-30-12-9-21-28(3,10-6-11-29(21,4)27(35)36)22(30)14-19(20)23-24(30)26(34)31(25(23)33)17-7-5-8-18(32)13-17/h5,7-8,13,15-16,19,21-24,32H,6,9-12,14H2,1-4H3,(H,35,36)/t19-,21+,22-,23-,24+,28+,29-,30+/m1/s1. The number of amides is 2. The molecule has 8 atom stereocenters. The van der Waals surface area contributed by atoms with Crippen LogP contribution in [-0.2, 0) is 14.4 Å². The number of hydrogen-bond donors (Lipinski definition) is 2. The minimum atomic E-state index is -0.752. The fraction of sp³-hybridized carbons (Fsp3) is 0.633. The van der Waals surface area contributed by atoms with Crippen molar-refractivity contribution in [1.82, 2.24) is 0 Å². The van der Waals surface area contributed by atoms with E-state index in [-0.39, 0.29) is 52.6 Å². The molecule has 3 saturated carbocycles. The Bertz CT molecular complexity index is 1200. The minimum absolute atomic E-state index is 0.00535. The highest BCUT2D eigenvalue weighted by atomic mass is 16.4. The van der Waals surface area contributed by atoms with Gasteiger partial charge in [0.2, 0.25) is 11.8 Å². The van der Waals surface area contributed by atoms with E-state index in [0.29, 0.717) is 12.1 Å². The second-order valence-corrected chi connectivity index (χ2v) is 13.0. The quantitative estimate of drug-likeness (QED) is 0.436. The van der Waals surface area contributed by atoms with Gasteiger partial charge in [0.25, 0.3) is 0 Å². The second kappa shape index (κ2) is 7.45. The predicted molar refractivity (Wildman–Crippen MR) is 135 cm³/mol. The van der Waals surface area contributed by atoms with Crippen molar-refractivity contribution in [2.24, 2.45) is 51.8 Å². The maximum atomic E-state index is 14.2. The summed E-state index contributed by atoms with van der Waals surface area (Å²) in [5, 5.41) is 20.3. The van der Waals surface area contributed by atoms with Crippen LogP contribution in [0.1, 0.15) is 66.2 Å². The van der Waals surface area contributed by atoms with Crippen molar-refractivity contribution in [1.29, 1.82) is 0 Å². The summed E-state index contributed by atoms with van der Waals surface area (Å²) >= 11 is 0. The summed E-state index contributed by atoms with van der Waals surface area (Å²) < 4.78 is 0. The number of benzene rings is 1. The topological polar surface area (TPSA) is 94.9 Å². The van der Waals surface area contributed by atoms with Crippen LogP contribution in [0.25, 0.3) is 0 Å². The summed E-state index contributed by atoms with van der Waals surface area (Å²) in [4.78, 5) is 42.0. The van der Waals surface area contributed by atoms with Crippen LogP contribution in [0.4, 0.5) is 5.69 Å². The first kappa shape index (κ1) is 23.7. The number of carboxylic acids is 1. The molecule has 1 spiro atoms. The molecule has 1 aromatic rings. The van der Waals surface area contributed by atoms with Crippen molar-refractivity contribution in [3.63, 3.8) is 0 Å². The third-order valence-corrected chi connectivity index (χ3v) is 11.2. The first-order chi connectivity index (χ1) is 17.0. The zero-order chi connectivity index (χ0) is 25.8. The van der Waals surface area contributed by atoms with E-state index in [0.717, 1.165) is 32.1 Å². The summed E-state index contributed by atoms with van der Waals surface area (Å²) in [6.07, 6.45) is 7.30. The molecule has 6 heteroatoms.